The van der Waals surface area contributed by atoms with E-state index in [0.717, 1.165) is 17.1 Å². The summed E-state index contributed by atoms with van der Waals surface area (Å²) in [6.07, 6.45) is 0. The second-order valence-corrected chi connectivity index (χ2v) is 18.9. The maximum absolute atomic E-state index is 2.46. The minimum absolute atomic E-state index is 0.0439. The normalized spacial score (nSPS) is 13.8. The monoisotopic (exact) mass is 831 g/mol. The number of benzene rings is 10. The van der Waals surface area contributed by atoms with Crippen molar-refractivity contribution in [3.63, 3.8) is 0 Å². The molecule has 12 rings (SSSR count). The average molecular weight is 832 g/mol. The zero-order chi connectivity index (χ0) is 43.9. The summed E-state index contributed by atoms with van der Waals surface area (Å²) in [6.45, 7) is 9.53. The number of rotatable bonds is 7. The molecule has 0 spiro atoms. The third-order valence-corrected chi connectivity index (χ3v) is 14.5. The first-order chi connectivity index (χ1) is 31.8. The molecule has 10 aromatic carbocycles. The van der Waals surface area contributed by atoms with E-state index in [1.165, 1.54) is 99.8 Å². The van der Waals surface area contributed by atoms with Gasteiger partial charge in [0.2, 0.25) is 0 Å². The molecule has 1 heteroatoms. The van der Waals surface area contributed by atoms with Crippen molar-refractivity contribution in [3.05, 3.63) is 247 Å². The summed E-state index contributed by atoms with van der Waals surface area (Å²) in [5.41, 5.74) is 23.8. The van der Waals surface area contributed by atoms with Crippen LogP contribution in [-0.2, 0) is 10.8 Å². The number of hydrogen-bond donors (Lipinski definition) is 0. The molecule has 0 saturated carbocycles. The second-order valence-electron chi connectivity index (χ2n) is 18.9. The van der Waals surface area contributed by atoms with Crippen LogP contribution in [0.1, 0.15) is 49.9 Å². The SMILES string of the molecule is CC1(C)c2ccccc2-c2ccc(-c3ccc4c(c3)C(C)(C)c3cc(N(c5ccc(-c6cccc7cccc(-c8ccccc8)c67)cc5)c5ccccc5-c5ccccc5)ccc3-4)cc21. The highest BCUT2D eigenvalue weighted by molar-refractivity contribution is 6.06. The Morgan fingerprint density at radius 2 is 0.692 bits per heavy atom. The molecule has 1 nitrogen and oxygen atoms in total. The Morgan fingerprint density at radius 1 is 0.277 bits per heavy atom. The van der Waals surface area contributed by atoms with Gasteiger partial charge in [-0.05, 0) is 137 Å². The van der Waals surface area contributed by atoms with E-state index in [9.17, 15) is 0 Å². The first kappa shape index (κ1) is 38.9. The van der Waals surface area contributed by atoms with Gasteiger partial charge >= 0.3 is 0 Å². The van der Waals surface area contributed by atoms with Crippen LogP contribution in [0.2, 0.25) is 0 Å². The third-order valence-electron chi connectivity index (χ3n) is 14.5. The summed E-state index contributed by atoms with van der Waals surface area (Å²) in [4.78, 5) is 2.46. The topological polar surface area (TPSA) is 3.24 Å². The maximum Gasteiger partial charge on any atom is 0.0540 e. The Kier molecular flexibility index (Phi) is 8.94. The van der Waals surface area contributed by atoms with Crippen molar-refractivity contribution >= 4 is 27.8 Å². The summed E-state index contributed by atoms with van der Waals surface area (Å²) in [6, 6.07) is 83.2. The summed E-state index contributed by atoms with van der Waals surface area (Å²) in [7, 11) is 0. The van der Waals surface area contributed by atoms with Crippen LogP contribution in [0.25, 0.3) is 77.5 Å². The van der Waals surface area contributed by atoms with E-state index in [-0.39, 0.29) is 10.8 Å². The molecule has 0 fully saturated rings. The van der Waals surface area contributed by atoms with Gasteiger partial charge in [0, 0.05) is 27.8 Å². The molecule has 0 aliphatic heterocycles. The minimum atomic E-state index is -0.220. The van der Waals surface area contributed by atoms with E-state index in [2.05, 4.69) is 257 Å². The number of hydrogen-bond acceptors (Lipinski definition) is 1. The highest BCUT2D eigenvalue weighted by atomic mass is 15.1. The predicted molar refractivity (Wildman–Crippen MR) is 276 cm³/mol. The average Bonchev–Trinajstić information content (AvgIpc) is 3.73. The highest BCUT2D eigenvalue weighted by Gasteiger charge is 2.38. The van der Waals surface area contributed by atoms with Crippen molar-refractivity contribution in [2.45, 2.75) is 38.5 Å². The van der Waals surface area contributed by atoms with Gasteiger partial charge in [0.1, 0.15) is 0 Å². The van der Waals surface area contributed by atoms with Gasteiger partial charge in [-0.3, -0.25) is 0 Å². The lowest BCUT2D eigenvalue weighted by atomic mass is 9.80. The highest BCUT2D eigenvalue weighted by Crippen LogP contribution is 2.54. The number of anilines is 3. The molecule has 0 aromatic heterocycles. The Balaban J connectivity index is 0.959. The summed E-state index contributed by atoms with van der Waals surface area (Å²) in [5, 5.41) is 2.51. The largest absolute Gasteiger partial charge is 0.310 e. The van der Waals surface area contributed by atoms with Crippen molar-refractivity contribution < 1.29 is 0 Å². The van der Waals surface area contributed by atoms with Gasteiger partial charge < -0.3 is 4.90 Å². The van der Waals surface area contributed by atoms with Crippen LogP contribution < -0.4 is 4.90 Å². The van der Waals surface area contributed by atoms with Crippen LogP contribution in [0.3, 0.4) is 0 Å². The number of fused-ring (bicyclic) bond motifs is 7. The molecule has 0 atom stereocenters. The maximum atomic E-state index is 2.46. The molecule has 310 valence electrons. The molecule has 0 heterocycles. The Bertz CT molecular complexity index is 3460. The Hall–Kier alpha value is -7.74. The molecule has 2 aliphatic carbocycles. The lowest BCUT2D eigenvalue weighted by molar-refractivity contribution is 0.659. The van der Waals surface area contributed by atoms with Gasteiger partial charge in [-0.15, -0.1) is 0 Å². The third kappa shape index (κ3) is 6.21. The number of nitrogens with zero attached hydrogens (tertiary/aromatic N) is 1. The number of para-hydroxylation sites is 1. The first-order valence-corrected chi connectivity index (χ1v) is 22.9. The first-order valence-electron chi connectivity index (χ1n) is 22.9. The van der Waals surface area contributed by atoms with Crippen molar-refractivity contribution in [2.24, 2.45) is 0 Å². The smallest absolute Gasteiger partial charge is 0.0540 e. The summed E-state index contributed by atoms with van der Waals surface area (Å²) in [5.74, 6) is 0. The van der Waals surface area contributed by atoms with Crippen molar-refractivity contribution in [1.82, 2.24) is 0 Å². The van der Waals surface area contributed by atoms with Crippen molar-refractivity contribution in [2.75, 3.05) is 4.90 Å². The van der Waals surface area contributed by atoms with E-state index in [1.54, 1.807) is 0 Å². The molecular weight excluding hydrogens is 783 g/mol. The molecule has 0 amide bonds. The molecule has 0 saturated heterocycles. The Labute approximate surface area is 383 Å². The van der Waals surface area contributed by atoms with Crippen LogP contribution >= 0.6 is 0 Å². The van der Waals surface area contributed by atoms with Gasteiger partial charge in [-0.2, -0.15) is 0 Å². The lowest BCUT2D eigenvalue weighted by Gasteiger charge is -2.30. The minimum Gasteiger partial charge on any atom is -0.310 e. The Morgan fingerprint density at radius 3 is 1.31 bits per heavy atom. The fourth-order valence-corrected chi connectivity index (χ4v) is 11.1. The quantitative estimate of drug-likeness (QED) is 0.155. The van der Waals surface area contributed by atoms with E-state index in [4.69, 9.17) is 0 Å². The van der Waals surface area contributed by atoms with Crippen molar-refractivity contribution in [1.29, 1.82) is 0 Å². The van der Waals surface area contributed by atoms with Crippen LogP contribution in [0.5, 0.6) is 0 Å². The zero-order valence-corrected chi connectivity index (χ0v) is 37.3. The van der Waals surface area contributed by atoms with Crippen LogP contribution in [0.15, 0.2) is 224 Å². The van der Waals surface area contributed by atoms with Gasteiger partial charge in [0.05, 0.1) is 5.69 Å². The standard InChI is InChI=1S/C64H49N/c1-63(2)57-27-13-11-24-53(57)54-36-31-46(39-58(54)63)47-32-37-55-56-38-35-49(41-60(56)64(3,4)59(55)40-47)65(61-28-14-12-23-50(61)42-17-7-5-8-18-42)48-33-29-44(30-34-48)52-26-16-22-45-21-15-25-51(62(45)52)43-19-9-6-10-20-43/h5-41H,1-4H3. The van der Waals surface area contributed by atoms with Gasteiger partial charge in [0.25, 0.3) is 0 Å². The molecule has 2 aliphatic rings. The summed E-state index contributed by atoms with van der Waals surface area (Å²) < 4.78 is 0. The fraction of sp³-hybridized carbons (Fsp3) is 0.0938. The molecule has 10 aromatic rings. The van der Waals surface area contributed by atoms with E-state index >= 15 is 0 Å². The van der Waals surface area contributed by atoms with E-state index in [0.29, 0.717) is 0 Å². The van der Waals surface area contributed by atoms with Gasteiger partial charge in [0.15, 0.2) is 0 Å². The molecular formula is C64H49N. The molecule has 0 bridgehead atoms. The summed E-state index contributed by atoms with van der Waals surface area (Å²) >= 11 is 0. The predicted octanol–water partition coefficient (Wildman–Crippen LogP) is 17.6. The second kappa shape index (κ2) is 14.9. The molecule has 0 unspecified atom stereocenters. The van der Waals surface area contributed by atoms with Crippen LogP contribution in [0.4, 0.5) is 17.1 Å². The van der Waals surface area contributed by atoms with Crippen molar-refractivity contribution in [3.8, 4) is 66.8 Å². The van der Waals surface area contributed by atoms with E-state index in [1.807, 2.05) is 0 Å². The lowest BCUT2D eigenvalue weighted by Crippen LogP contribution is -2.17. The zero-order valence-electron chi connectivity index (χ0n) is 37.3. The van der Waals surface area contributed by atoms with Gasteiger partial charge in [-0.1, -0.05) is 210 Å². The van der Waals surface area contributed by atoms with Crippen LogP contribution in [0, 0.1) is 0 Å². The van der Waals surface area contributed by atoms with Gasteiger partial charge in [-0.25, -0.2) is 0 Å². The van der Waals surface area contributed by atoms with E-state index < -0.39 is 0 Å². The molecule has 0 radical (unpaired) electrons. The molecule has 0 N–H and O–H groups in total. The van der Waals surface area contributed by atoms with Crippen LogP contribution in [-0.4, -0.2) is 0 Å². The fourth-order valence-electron chi connectivity index (χ4n) is 11.1. The molecule has 65 heavy (non-hydrogen) atoms.